The smallest absolute Gasteiger partial charge is 0.228 e. The molecule has 1 amide bonds. The SMILES string of the molecule is CN(C(=O)Cc1c[nH]cn1)C1CCN(c2ncnc3[nH]ccc23)C1. The van der Waals surface area contributed by atoms with Gasteiger partial charge in [-0.25, -0.2) is 15.0 Å². The van der Waals surface area contributed by atoms with Crippen molar-refractivity contribution in [2.75, 3.05) is 25.0 Å². The lowest BCUT2D eigenvalue weighted by Crippen LogP contribution is -2.40. The summed E-state index contributed by atoms with van der Waals surface area (Å²) in [5, 5.41) is 1.02. The lowest BCUT2D eigenvalue weighted by atomic mass is 10.2. The Morgan fingerprint density at radius 2 is 2.33 bits per heavy atom. The monoisotopic (exact) mass is 325 g/mol. The molecule has 2 N–H and O–H groups in total. The van der Waals surface area contributed by atoms with Crippen LogP contribution in [-0.4, -0.2) is 61.9 Å². The van der Waals surface area contributed by atoms with Crippen LogP contribution in [0, 0.1) is 0 Å². The molecule has 0 bridgehead atoms. The molecule has 0 aliphatic carbocycles. The number of nitrogens with one attached hydrogen (secondary N) is 2. The molecule has 1 fully saturated rings. The molecule has 4 heterocycles. The first-order valence-corrected chi connectivity index (χ1v) is 7.98. The number of fused-ring (bicyclic) bond motifs is 1. The van der Waals surface area contributed by atoms with Gasteiger partial charge in [-0.05, 0) is 12.5 Å². The average Bonchev–Trinajstić information content (AvgIpc) is 3.34. The number of imidazole rings is 1. The van der Waals surface area contributed by atoms with Gasteiger partial charge in [0.1, 0.15) is 17.8 Å². The standard InChI is InChI=1S/C16H19N7O/c1-22(14(24)6-11-7-17-9-19-11)12-3-5-23(8-12)16-13-2-4-18-15(13)20-10-21-16/h2,4,7,9-10,12H,3,5-6,8H2,1H3,(H,17,19)(H,18,20,21). The van der Waals surface area contributed by atoms with E-state index in [0.717, 1.165) is 42.1 Å². The van der Waals surface area contributed by atoms with Gasteiger partial charge in [-0.15, -0.1) is 0 Å². The van der Waals surface area contributed by atoms with E-state index in [2.05, 4.69) is 29.8 Å². The molecule has 1 saturated heterocycles. The van der Waals surface area contributed by atoms with Gasteiger partial charge in [-0.3, -0.25) is 4.79 Å². The van der Waals surface area contributed by atoms with Crippen LogP contribution in [0.25, 0.3) is 11.0 Å². The van der Waals surface area contributed by atoms with Gasteiger partial charge < -0.3 is 19.8 Å². The van der Waals surface area contributed by atoms with E-state index in [1.807, 2.05) is 24.2 Å². The normalized spacial score (nSPS) is 17.5. The molecule has 8 heteroatoms. The van der Waals surface area contributed by atoms with E-state index in [0.29, 0.717) is 6.42 Å². The van der Waals surface area contributed by atoms with E-state index in [1.165, 1.54) is 0 Å². The Morgan fingerprint density at radius 1 is 1.42 bits per heavy atom. The minimum Gasteiger partial charge on any atom is -0.354 e. The summed E-state index contributed by atoms with van der Waals surface area (Å²) in [6, 6.07) is 2.17. The number of amides is 1. The van der Waals surface area contributed by atoms with Crippen molar-refractivity contribution in [3.8, 4) is 0 Å². The third kappa shape index (κ3) is 2.60. The van der Waals surface area contributed by atoms with E-state index in [1.54, 1.807) is 18.9 Å². The number of carbonyl (C=O) groups excluding carboxylic acids is 1. The summed E-state index contributed by atoms with van der Waals surface area (Å²) < 4.78 is 0. The van der Waals surface area contributed by atoms with Crippen LogP contribution in [-0.2, 0) is 11.2 Å². The van der Waals surface area contributed by atoms with Crippen LogP contribution in [0.15, 0.2) is 31.1 Å². The number of likely N-dealkylation sites (N-methyl/N-ethyl adjacent to an activating group) is 1. The van der Waals surface area contributed by atoms with Gasteiger partial charge in [0.2, 0.25) is 5.91 Å². The number of aromatic amines is 2. The molecule has 8 nitrogen and oxygen atoms in total. The second kappa shape index (κ2) is 5.95. The first-order valence-electron chi connectivity index (χ1n) is 7.98. The largest absolute Gasteiger partial charge is 0.354 e. The van der Waals surface area contributed by atoms with Crippen molar-refractivity contribution in [1.29, 1.82) is 0 Å². The number of carbonyl (C=O) groups is 1. The van der Waals surface area contributed by atoms with E-state index in [-0.39, 0.29) is 11.9 Å². The molecule has 1 unspecified atom stereocenters. The summed E-state index contributed by atoms with van der Waals surface area (Å²) in [4.78, 5) is 35.3. The van der Waals surface area contributed by atoms with Crippen LogP contribution in [0.4, 0.5) is 5.82 Å². The highest BCUT2D eigenvalue weighted by molar-refractivity contribution is 5.87. The van der Waals surface area contributed by atoms with Crippen molar-refractivity contribution in [1.82, 2.24) is 29.8 Å². The van der Waals surface area contributed by atoms with Gasteiger partial charge in [-0.1, -0.05) is 0 Å². The van der Waals surface area contributed by atoms with Gasteiger partial charge in [0.25, 0.3) is 0 Å². The summed E-state index contributed by atoms with van der Waals surface area (Å²) in [6.45, 7) is 1.65. The highest BCUT2D eigenvalue weighted by Gasteiger charge is 2.30. The maximum Gasteiger partial charge on any atom is 0.228 e. The number of aromatic nitrogens is 5. The Balaban J connectivity index is 1.46. The fourth-order valence-electron chi connectivity index (χ4n) is 3.23. The minimum absolute atomic E-state index is 0.0865. The van der Waals surface area contributed by atoms with Crippen molar-refractivity contribution in [2.45, 2.75) is 18.9 Å². The maximum absolute atomic E-state index is 12.4. The van der Waals surface area contributed by atoms with Gasteiger partial charge in [0.15, 0.2) is 0 Å². The van der Waals surface area contributed by atoms with Crippen molar-refractivity contribution >= 4 is 22.8 Å². The highest BCUT2D eigenvalue weighted by atomic mass is 16.2. The number of H-pyrrole nitrogens is 2. The molecule has 0 aromatic carbocycles. The van der Waals surface area contributed by atoms with Crippen LogP contribution in [0.3, 0.4) is 0 Å². The first-order chi connectivity index (χ1) is 11.7. The zero-order valence-corrected chi connectivity index (χ0v) is 13.4. The molecule has 1 aliphatic heterocycles. The fourth-order valence-corrected chi connectivity index (χ4v) is 3.23. The van der Waals surface area contributed by atoms with Crippen molar-refractivity contribution < 1.29 is 4.79 Å². The van der Waals surface area contributed by atoms with Crippen molar-refractivity contribution in [3.63, 3.8) is 0 Å². The van der Waals surface area contributed by atoms with Crippen molar-refractivity contribution in [3.05, 3.63) is 36.8 Å². The number of hydrogen-bond donors (Lipinski definition) is 2. The molecule has 3 aromatic heterocycles. The Hall–Kier alpha value is -2.90. The van der Waals surface area contributed by atoms with Crippen LogP contribution in [0.1, 0.15) is 12.1 Å². The van der Waals surface area contributed by atoms with Gasteiger partial charge in [0, 0.05) is 32.5 Å². The van der Waals surface area contributed by atoms with Gasteiger partial charge in [-0.2, -0.15) is 0 Å². The lowest BCUT2D eigenvalue weighted by Gasteiger charge is -2.25. The molecular formula is C16H19N7O. The topological polar surface area (TPSA) is 93.8 Å². The zero-order valence-electron chi connectivity index (χ0n) is 13.4. The molecule has 1 aliphatic rings. The number of hydrogen-bond acceptors (Lipinski definition) is 5. The number of anilines is 1. The summed E-state index contributed by atoms with van der Waals surface area (Å²) >= 11 is 0. The third-order valence-electron chi connectivity index (χ3n) is 4.62. The minimum atomic E-state index is 0.0865. The molecular weight excluding hydrogens is 306 g/mol. The lowest BCUT2D eigenvalue weighted by molar-refractivity contribution is -0.130. The average molecular weight is 325 g/mol. The number of nitrogens with zero attached hydrogens (tertiary/aromatic N) is 5. The molecule has 4 rings (SSSR count). The molecule has 0 radical (unpaired) electrons. The number of rotatable bonds is 4. The van der Waals surface area contributed by atoms with Crippen molar-refractivity contribution in [2.24, 2.45) is 0 Å². The van der Waals surface area contributed by atoms with E-state index < -0.39 is 0 Å². The second-order valence-corrected chi connectivity index (χ2v) is 6.07. The molecule has 0 saturated carbocycles. The van der Waals surface area contributed by atoms with E-state index >= 15 is 0 Å². The quantitative estimate of drug-likeness (QED) is 0.745. The predicted octanol–water partition coefficient (Wildman–Crippen LogP) is 0.961. The molecule has 124 valence electrons. The van der Waals surface area contributed by atoms with E-state index in [9.17, 15) is 4.79 Å². The summed E-state index contributed by atoms with van der Waals surface area (Å²) in [5.41, 5.74) is 1.61. The zero-order chi connectivity index (χ0) is 16.5. The first kappa shape index (κ1) is 14.7. The predicted molar refractivity (Wildman–Crippen MR) is 89.6 cm³/mol. The molecule has 1 atom stereocenters. The molecule has 24 heavy (non-hydrogen) atoms. The Bertz CT molecular complexity index is 841. The van der Waals surface area contributed by atoms with E-state index in [4.69, 9.17) is 0 Å². The Morgan fingerprint density at radius 3 is 3.17 bits per heavy atom. The molecule has 0 spiro atoms. The Kier molecular flexibility index (Phi) is 3.64. The van der Waals surface area contributed by atoms with Crippen LogP contribution in [0.2, 0.25) is 0 Å². The fraction of sp³-hybridized carbons (Fsp3) is 0.375. The highest BCUT2D eigenvalue weighted by Crippen LogP contribution is 2.26. The molecule has 3 aromatic rings. The van der Waals surface area contributed by atoms with Crippen LogP contribution < -0.4 is 4.90 Å². The van der Waals surface area contributed by atoms with Gasteiger partial charge in [0.05, 0.1) is 29.9 Å². The Labute approximate surface area is 138 Å². The second-order valence-electron chi connectivity index (χ2n) is 6.07. The summed E-state index contributed by atoms with van der Waals surface area (Å²) in [7, 11) is 1.87. The van der Waals surface area contributed by atoms with Crippen LogP contribution in [0.5, 0.6) is 0 Å². The van der Waals surface area contributed by atoms with Gasteiger partial charge >= 0.3 is 0 Å². The third-order valence-corrected chi connectivity index (χ3v) is 4.62. The summed E-state index contributed by atoms with van der Waals surface area (Å²) in [5.74, 6) is 1.01. The van der Waals surface area contributed by atoms with Crippen LogP contribution >= 0.6 is 0 Å². The maximum atomic E-state index is 12.4. The summed E-state index contributed by atoms with van der Waals surface area (Å²) in [6.07, 6.45) is 8.06.